The van der Waals surface area contributed by atoms with Crippen molar-refractivity contribution in [3.05, 3.63) is 18.2 Å². The van der Waals surface area contributed by atoms with Crippen molar-refractivity contribution in [3.8, 4) is 0 Å². The molecule has 0 radical (unpaired) electrons. The minimum absolute atomic E-state index is 0.0139. The fraction of sp³-hybridized carbons (Fsp3) is 0. The number of hydrogen-bond donors (Lipinski definition) is 5. The molecular formula is C6H10N2O3Si. The maximum Gasteiger partial charge on any atom is 0.529 e. The lowest BCUT2D eigenvalue weighted by molar-refractivity contribution is 0.250. The van der Waals surface area contributed by atoms with Crippen molar-refractivity contribution in [1.82, 2.24) is 0 Å². The fourth-order valence-electron chi connectivity index (χ4n) is 0.870. The molecule has 1 aromatic rings. The molecule has 0 saturated heterocycles. The first-order chi connectivity index (χ1) is 5.39. The van der Waals surface area contributed by atoms with Gasteiger partial charge in [-0.3, -0.25) is 0 Å². The summed E-state index contributed by atoms with van der Waals surface area (Å²) in [5.74, 6) is 0. The highest BCUT2D eigenvalue weighted by molar-refractivity contribution is 6.71. The molecule has 0 spiro atoms. The molecule has 5 nitrogen and oxygen atoms in total. The van der Waals surface area contributed by atoms with E-state index < -0.39 is 8.80 Å². The van der Waals surface area contributed by atoms with E-state index in [4.69, 9.17) is 25.9 Å². The molecule has 0 atom stereocenters. The molecule has 1 rings (SSSR count). The first-order valence-electron chi connectivity index (χ1n) is 3.23. The van der Waals surface area contributed by atoms with Crippen LogP contribution >= 0.6 is 0 Å². The summed E-state index contributed by atoms with van der Waals surface area (Å²) in [4.78, 5) is 26.6. The van der Waals surface area contributed by atoms with Crippen molar-refractivity contribution in [2.24, 2.45) is 0 Å². The summed E-state index contributed by atoms with van der Waals surface area (Å²) in [5.41, 5.74) is 11.3. The smallest absolute Gasteiger partial charge is 0.399 e. The van der Waals surface area contributed by atoms with Crippen LogP contribution in [-0.2, 0) is 0 Å². The molecule has 0 aliphatic rings. The molecule has 0 saturated carbocycles. The van der Waals surface area contributed by atoms with E-state index in [1.54, 1.807) is 0 Å². The lowest BCUT2D eigenvalue weighted by Crippen LogP contribution is -2.48. The summed E-state index contributed by atoms with van der Waals surface area (Å²) in [5, 5.41) is -0.0139. The highest BCUT2D eigenvalue weighted by Gasteiger charge is 2.30. The zero-order valence-electron chi connectivity index (χ0n) is 6.23. The number of nitrogen functional groups attached to an aromatic ring is 2. The van der Waals surface area contributed by atoms with Gasteiger partial charge in [-0.15, -0.1) is 0 Å². The average Bonchev–Trinajstić information content (AvgIpc) is 1.82. The van der Waals surface area contributed by atoms with Gasteiger partial charge in [0.25, 0.3) is 0 Å². The SMILES string of the molecule is Nc1cc(N)cc([Si](O)(O)O)c1. The molecule has 66 valence electrons. The largest absolute Gasteiger partial charge is 0.529 e. The van der Waals surface area contributed by atoms with E-state index in [0.29, 0.717) is 11.4 Å². The molecule has 0 aromatic heterocycles. The fourth-order valence-corrected chi connectivity index (χ4v) is 1.59. The maximum atomic E-state index is 8.88. The molecule has 0 fully saturated rings. The normalized spacial score (nSPS) is 11.6. The summed E-state index contributed by atoms with van der Waals surface area (Å²) < 4.78 is 0. The van der Waals surface area contributed by atoms with Crippen molar-refractivity contribution in [2.45, 2.75) is 0 Å². The minimum Gasteiger partial charge on any atom is -0.399 e. The van der Waals surface area contributed by atoms with E-state index in [-0.39, 0.29) is 5.19 Å². The molecule has 0 amide bonds. The van der Waals surface area contributed by atoms with Crippen LogP contribution in [0.5, 0.6) is 0 Å². The summed E-state index contributed by atoms with van der Waals surface area (Å²) >= 11 is 0. The maximum absolute atomic E-state index is 8.88. The number of rotatable bonds is 1. The zero-order chi connectivity index (χ0) is 9.35. The van der Waals surface area contributed by atoms with E-state index in [0.717, 1.165) is 0 Å². The Labute approximate surface area is 70.2 Å². The zero-order valence-corrected chi connectivity index (χ0v) is 7.23. The summed E-state index contributed by atoms with van der Waals surface area (Å²) in [6, 6.07) is 4.02. The van der Waals surface area contributed by atoms with Gasteiger partial charge in [-0.25, -0.2) is 0 Å². The highest BCUT2D eigenvalue weighted by Crippen LogP contribution is 2.07. The third-order valence-electron chi connectivity index (χ3n) is 1.36. The monoisotopic (exact) mass is 186 g/mol. The average molecular weight is 186 g/mol. The first kappa shape index (κ1) is 9.01. The number of benzene rings is 1. The van der Waals surface area contributed by atoms with Crippen molar-refractivity contribution in [2.75, 3.05) is 11.5 Å². The Morgan fingerprint density at radius 3 is 1.67 bits per heavy atom. The Hall–Kier alpha value is -1.08. The van der Waals surface area contributed by atoms with E-state index in [9.17, 15) is 0 Å². The van der Waals surface area contributed by atoms with Crippen LogP contribution in [0.4, 0.5) is 11.4 Å². The minimum atomic E-state index is -4.26. The van der Waals surface area contributed by atoms with Gasteiger partial charge in [-0.2, -0.15) is 0 Å². The molecule has 0 unspecified atom stereocenters. The second kappa shape index (κ2) is 2.76. The van der Waals surface area contributed by atoms with Crippen LogP contribution in [0.3, 0.4) is 0 Å². The van der Waals surface area contributed by atoms with E-state index in [1.165, 1.54) is 18.2 Å². The standard InChI is InChI=1S/C6H10N2O3Si/c7-4-1-5(8)3-6(2-4)12(9,10)11/h1-3,9-11H,7-8H2. The van der Waals surface area contributed by atoms with Crippen LogP contribution in [0.25, 0.3) is 0 Å². The third kappa shape index (κ3) is 1.95. The Kier molecular flexibility index (Phi) is 2.07. The van der Waals surface area contributed by atoms with Gasteiger partial charge in [0.1, 0.15) is 0 Å². The van der Waals surface area contributed by atoms with Crippen molar-refractivity contribution in [3.63, 3.8) is 0 Å². The van der Waals surface area contributed by atoms with E-state index >= 15 is 0 Å². The predicted molar refractivity (Wildman–Crippen MR) is 47.3 cm³/mol. The van der Waals surface area contributed by atoms with Gasteiger partial charge >= 0.3 is 8.80 Å². The quantitative estimate of drug-likeness (QED) is 0.256. The lowest BCUT2D eigenvalue weighted by atomic mass is 10.3. The summed E-state index contributed by atoms with van der Waals surface area (Å²) in [7, 11) is -4.26. The van der Waals surface area contributed by atoms with Crippen LogP contribution in [0.1, 0.15) is 0 Å². The molecule has 0 aliphatic carbocycles. The molecular weight excluding hydrogens is 176 g/mol. The molecule has 0 aliphatic heterocycles. The van der Waals surface area contributed by atoms with Crippen molar-refractivity contribution < 1.29 is 14.4 Å². The van der Waals surface area contributed by atoms with Gasteiger partial charge in [0.05, 0.1) is 0 Å². The Bertz CT molecular complexity index is 277. The van der Waals surface area contributed by atoms with E-state index in [2.05, 4.69) is 0 Å². The highest BCUT2D eigenvalue weighted by atomic mass is 28.4. The van der Waals surface area contributed by atoms with Gasteiger partial charge < -0.3 is 25.9 Å². The van der Waals surface area contributed by atoms with E-state index in [1.807, 2.05) is 0 Å². The third-order valence-corrected chi connectivity index (χ3v) is 2.43. The van der Waals surface area contributed by atoms with Crippen LogP contribution in [0, 0.1) is 0 Å². The molecule has 12 heavy (non-hydrogen) atoms. The van der Waals surface area contributed by atoms with Crippen molar-refractivity contribution in [1.29, 1.82) is 0 Å². The Morgan fingerprint density at radius 2 is 1.33 bits per heavy atom. The second-order valence-corrected chi connectivity index (χ2v) is 4.37. The van der Waals surface area contributed by atoms with Gasteiger partial charge in [0.2, 0.25) is 0 Å². The predicted octanol–water partition coefficient (Wildman–Crippen LogP) is -2.03. The van der Waals surface area contributed by atoms with Crippen LogP contribution in [0.15, 0.2) is 18.2 Å². The van der Waals surface area contributed by atoms with Crippen LogP contribution in [-0.4, -0.2) is 23.2 Å². The molecule has 0 bridgehead atoms. The van der Waals surface area contributed by atoms with Crippen LogP contribution in [0.2, 0.25) is 0 Å². The van der Waals surface area contributed by atoms with Gasteiger partial charge in [0.15, 0.2) is 0 Å². The van der Waals surface area contributed by atoms with Crippen LogP contribution < -0.4 is 16.7 Å². The summed E-state index contributed by atoms with van der Waals surface area (Å²) in [6.45, 7) is 0. The lowest BCUT2D eigenvalue weighted by Gasteiger charge is -2.10. The molecule has 0 heterocycles. The molecule has 7 N–H and O–H groups in total. The Balaban J connectivity index is 3.18. The first-order valence-corrected chi connectivity index (χ1v) is 5.07. The topological polar surface area (TPSA) is 113 Å². The number of hydrogen-bond acceptors (Lipinski definition) is 5. The number of nitrogens with two attached hydrogens (primary N) is 2. The van der Waals surface area contributed by atoms with Gasteiger partial charge in [-0.05, 0) is 18.2 Å². The van der Waals surface area contributed by atoms with Gasteiger partial charge in [-0.1, -0.05) is 0 Å². The van der Waals surface area contributed by atoms with Crippen molar-refractivity contribution >= 4 is 25.4 Å². The summed E-state index contributed by atoms with van der Waals surface area (Å²) in [6.07, 6.45) is 0. The molecule has 6 heteroatoms. The number of anilines is 2. The van der Waals surface area contributed by atoms with Gasteiger partial charge in [0, 0.05) is 16.6 Å². The Morgan fingerprint density at radius 1 is 0.917 bits per heavy atom. The second-order valence-electron chi connectivity index (χ2n) is 2.52. The molecule has 1 aromatic carbocycles.